The minimum Gasteiger partial charge on any atom is -0.455 e. The number of nitrogens with zero attached hydrogens (tertiary/aromatic N) is 4. The maximum absolute atomic E-state index is 6.93. The molecule has 0 spiro atoms. The summed E-state index contributed by atoms with van der Waals surface area (Å²) in [4.78, 5) is 14.9. The second-order valence-electron chi connectivity index (χ2n) is 15.6. The van der Waals surface area contributed by atoms with Gasteiger partial charge in [0, 0.05) is 49.5 Å². The van der Waals surface area contributed by atoms with Gasteiger partial charge in [-0.25, -0.2) is 15.0 Å². The number of fused-ring (bicyclic) bond motifs is 6. The van der Waals surface area contributed by atoms with Crippen LogP contribution in [-0.2, 0) is 0 Å². The van der Waals surface area contributed by atoms with Crippen LogP contribution in [0.1, 0.15) is 0 Å². The lowest BCUT2D eigenvalue weighted by atomic mass is 10.0. The average Bonchev–Trinajstić information content (AvgIpc) is 3.89. The molecule has 0 N–H and O–H groups in total. The first-order chi connectivity index (χ1) is 30.7. The van der Waals surface area contributed by atoms with E-state index in [1.54, 1.807) is 0 Å². The molecular weight excluding hydrogens is 757 g/mol. The van der Waals surface area contributed by atoms with Gasteiger partial charge < -0.3 is 8.98 Å². The molecule has 12 rings (SSSR count). The molecule has 0 atom stereocenters. The molecule has 62 heavy (non-hydrogen) atoms. The molecule has 0 bridgehead atoms. The van der Waals surface area contributed by atoms with Crippen molar-refractivity contribution in [3.63, 3.8) is 0 Å². The highest BCUT2D eigenvalue weighted by Gasteiger charge is 2.21. The number of hydrogen-bond donors (Lipinski definition) is 0. The molecule has 0 unspecified atom stereocenters. The van der Waals surface area contributed by atoms with Crippen molar-refractivity contribution in [3.8, 4) is 73.2 Å². The molecule has 5 heteroatoms. The minimum absolute atomic E-state index is 0.582. The second kappa shape index (κ2) is 14.7. The number of aromatic nitrogens is 4. The van der Waals surface area contributed by atoms with Crippen LogP contribution >= 0.6 is 0 Å². The summed E-state index contributed by atoms with van der Waals surface area (Å²) in [5, 5.41) is 4.45. The molecule has 0 radical (unpaired) electrons. The summed E-state index contributed by atoms with van der Waals surface area (Å²) >= 11 is 0. The summed E-state index contributed by atoms with van der Waals surface area (Å²) in [7, 11) is 0. The van der Waals surface area contributed by atoms with Crippen molar-refractivity contribution in [1.82, 2.24) is 19.5 Å². The summed E-state index contributed by atoms with van der Waals surface area (Å²) in [6, 6.07) is 76.5. The normalized spacial score (nSPS) is 11.5. The summed E-state index contributed by atoms with van der Waals surface area (Å²) in [6.45, 7) is 0. The van der Waals surface area contributed by atoms with Gasteiger partial charge in [0.25, 0.3) is 0 Å². The van der Waals surface area contributed by atoms with E-state index in [0.29, 0.717) is 17.5 Å². The van der Waals surface area contributed by atoms with Gasteiger partial charge in [0.15, 0.2) is 17.5 Å². The molecular formula is C57H36N4O. The Labute approximate surface area is 357 Å². The molecule has 3 aromatic heterocycles. The number of hydrogen-bond acceptors (Lipinski definition) is 4. The summed E-state index contributed by atoms with van der Waals surface area (Å²) < 4.78 is 9.34. The van der Waals surface area contributed by atoms with E-state index in [1.165, 1.54) is 33.0 Å². The standard InChI is InChI=1S/C57H36N4O/c1-6-16-37(17-7-1)42-27-30-51-48(32-42)49-33-43(38-18-8-2-9-19-38)28-31-52(49)61(51)45-35-47(39-20-10-3-11-21-39)54-50(36-45)46-29-26-44(34-53(46)62-54)57-59-55(40-22-12-4-13-23-40)58-56(60-57)41-24-14-5-15-25-41/h1-36H. The van der Waals surface area contributed by atoms with Crippen LogP contribution in [0.2, 0.25) is 0 Å². The van der Waals surface area contributed by atoms with Crippen LogP contribution in [0.3, 0.4) is 0 Å². The monoisotopic (exact) mass is 792 g/mol. The van der Waals surface area contributed by atoms with Crippen molar-refractivity contribution in [2.45, 2.75) is 0 Å². The molecule has 0 saturated heterocycles. The Morgan fingerprint density at radius 3 is 1.24 bits per heavy atom. The molecule has 0 saturated carbocycles. The average molecular weight is 793 g/mol. The zero-order valence-electron chi connectivity index (χ0n) is 33.5. The van der Waals surface area contributed by atoms with Crippen LogP contribution in [0.15, 0.2) is 223 Å². The molecule has 12 aromatic rings. The van der Waals surface area contributed by atoms with E-state index in [1.807, 2.05) is 60.7 Å². The number of rotatable bonds is 7. The molecule has 0 aliphatic heterocycles. The Morgan fingerprint density at radius 2 is 0.742 bits per heavy atom. The predicted molar refractivity (Wildman–Crippen MR) is 254 cm³/mol. The largest absolute Gasteiger partial charge is 0.455 e. The Hall–Kier alpha value is -8.41. The lowest BCUT2D eigenvalue weighted by Crippen LogP contribution is -2.00. The molecule has 0 amide bonds. The van der Waals surface area contributed by atoms with Crippen LogP contribution in [0, 0.1) is 0 Å². The van der Waals surface area contributed by atoms with E-state index in [-0.39, 0.29) is 0 Å². The summed E-state index contributed by atoms with van der Waals surface area (Å²) in [6.07, 6.45) is 0. The van der Waals surface area contributed by atoms with Gasteiger partial charge in [0.1, 0.15) is 11.2 Å². The third kappa shape index (κ3) is 6.14. The second-order valence-corrected chi connectivity index (χ2v) is 15.6. The highest BCUT2D eigenvalue weighted by Crippen LogP contribution is 2.43. The van der Waals surface area contributed by atoms with Crippen molar-refractivity contribution in [2.24, 2.45) is 0 Å². The fraction of sp³-hybridized carbons (Fsp3) is 0. The van der Waals surface area contributed by atoms with Gasteiger partial charge in [-0.2, -0.15) is 0 Å². The summed E-state index contributed by atoms with van der Waals surface area (Å²) in [5.41, 5.74) is 14.5. The molecule has 0 aliphatic carbocycles. The molecule has 5 nitrogen and oxygen atoms in total. The van der Waals surface area contributed by atoms with Gasteiger partial charge in [0.2, 0.25) is 0 Å². The van der Waals surface area contributed by atoms with Gasteiger partial charge in [-0.15, -0.1) is 0 Å². The highest BCUT2D eigenvalue weighted by atomic mass is 16.3. The molecule has 0 fully saturated rings. The fourth-order valence-corrected chi connectivity index (χ4v) is 8.82. The Balaban J connectivity index is 1.08. The van der Waals surface area contributed by atoms with Gasteiger partial charge in [0.05, 0.1) is 11.0 Å². The maximum atomic E-state index is 6.93. The predicted octanol–water partition coefficient (Wildman–Crippen LogP) is 14.9. The van der Waals surface area contributed by atoms with E-state index in [9.17, 15) is 0 Å². The van der Waals surface area contributed by atoms with Crippen molar-refractivity contribution in [1.29, 1.82) is 0 Å². The van der Waals surface area contributed by atoms with Gasteiger partial charge >= 0.3 is 0 Å². The van der Waals surface area contributed by atoms with Crippen molar-refractivity contribution in [2.75, 3.05) is 0 Å². The van der Waals surface area contributed by atoms with Gasteiger partial charge in [-0.05, 0) is 76.3 Å². The van der Waals surface area contributed by atoms with Gasteiger partial charge in [-0.3, -0.25) is 0 Å². The van der Waals surface area contributed by atoms with Crippen LogP contribution in [0.5, 0.6) is 0 Å². The van der Waals surface area contributed by atoms with Crippen molar-refractivity contribution < 1.29 is 4.42 Å². The van der Waals surface area contributed by atoms with E-state index in [0.717, 1.165) is 66.5 Å². The fourth-order valence-electron chi connectivity index (χ4n) is 8.82. The number of benzene rings is 9. The molecule has 290 valence electrons. The lowest BCUT2D eigenvalue weighted by Gasteiger charge is -2.12. The third-order valence-corrected chi connectivity index (χ3v) is 11.8. The van der Waals surface area contributed by atoms with Crippen molar-refractivity contribution >= 4 is 43.7 Å². The zero-order chi connectivity index (χ0) is 41.0. The number of furan rings is 1. The van der Waals surface area contributed by atoms with Crippen LogP contribution in [0.4, 0.5) is 0 Å². The minimum atomic E-state index is 0.582. The van der Waals surface area contributed by atoms with E-state index in [2.05, 4.69) is 162 Å². The molecule has 3 heterocycles. The van der Waals surface area contributed by atoms with Crippen molar-refractivity contribution in [3.05, 3.63) is 218 Å². The smallest absolute Gasteiger partial charge is 0.164 e. The first kappa shape index (κ1) is 35.5. The zero-order valence-corrected chi connectivity index (χ0v) is 33.5. The Morgan fingerprint density at radius 1 is 0.306 bits per heavy atom. The molecule has 9 aromatic carbocycles. The van der Waals surface area contributed by atoms with Crippen LogP contribution in [-0.4, -0.2) is 19.5 Å². The van der Waals surface area contributed by atoms with E-state index in [4.69, 9.17) is 19.4 Å². The Bertz CT molecular complexity index is 3450. The highest BCUT2D eigenvalue weighted by molar-refractivity contribution is 6.14. The molecule has 0 aliphatic rings. The maximum Gasteiger partial charge on any atom is 0.164 e. The quantitative estimate of drug-likeness (QED) is 0.161. The first-order valence-electron chi connectivity index (χ1n) is 20.8. The third-order valence-electron chi connectivity index (χ3n) is 11.8. The lowest BCUT2D eigenvalue weighted by molar-refractivity contribution is 0.670. The Kier molecular flexibility index (Phi) is 8.42. The summed E-state index contributed by atoms with van der Waals surface area (Å²) in [5.74, 6) is 1.82. The van der Waals surface area contributed by atoms with Crippen LogP contribution < -0.4 is 0 Å². The van der Waals surface area contributed by atoms with E-state index < -0.39 is 0 Å². The van der Waals surface area contributed by atoms with Gasteiger partial charge in [-0.1, -0.05) is 170 Å². The SMILES string of the molecule is c1ccc(-c2ccc3c(c2)c2cc(-c4ccccc4)ccc2n3-c2cc(-c3ccccc3)c3oc4cc(-c5nc(-c6ccccc6)nc(-c6ccccc6)n5)ccc4c3c2)cc1. The first-order valence-corrected chi connectivity index (χ1v) is 20.8. The topological polar surface area (TPSA) is 56.7 Å². The van der Waals surface area contributed by atoms with Crippen LogP contribution in [0.25, 0.3) is 117 Å². The van der Waals surface area contributed by atoms with E-state index >= 15 is 0 Å².